The number of hydrogen-bond donors (Lipinski definition) is 5. The van der Waals surface area contributed by atoms with Crippen LogP contribution in [-0.4, -0.2) is 73.1 Å². The van der Waals surface area contributed by atoms with Crippen LogP contribution in [0.1, 0.15) is 12.0 Å². The van der Waals surface area contributed by atoms with E-state index in [9.17, 15) is 10.2 Å². The second-order valence-corrected chi connectivity index (χ2v) is 6.31. The first kappa shape index (κ1) is 21.4. The van der Waals surface area contributed by atoms with E-state index in [4.69, 9.17) is 31.5 Å². The normalized spacial score (nSPS) is 23.3. The van der Waals surface area contributed by atoms with E-state index in [0.29, 0.717) is 50.8 Å². The lowest BCUT2D eigenvalue weighted by Crippen LogP contribution is -2.50. The van der Waals surface area contributed by atoms with Crippen LogP contribution in [0, 0.1) is 0 Å². The fourth-order valence-corrected chi connectivity index (χ4v) is 2.70. The van der Waals surface area contributed by atoms with Crippen LogP contribution in [0.15, 0.2) is 30.5 Å². The standard InChI is InChI=1S/C18H30N4O5/c19-5-7-25-8-9-26-14-3-1-2-13(10-14)15(20)11-22(21)12-17-18(24)16(23)4-6-27-17/h1-3,10-11,16-18,23-24H,4-9,12,19-21H2/b15-11-. The highest BCUT2D eigenvalue weighted by Gasteiger charge is 2.32. The molecule has 0 saturated carbocycles. The highest BCUT2D eigenvalue weighted by atomic mass is 16.5. The summed E-state index contributed by atoms with van der Waals surface area (Å²) in [6.45, 7) is 2.43. The second kappa shape index (κ2) is 11.1. The average Bonchev–Trinajstić information content (AvgIpc) is 2.65. The molecule has 9 nitrogen and oxygen atoms in total. The zero-order chi connectivity index (χ0) is 19.6. The third-order valence-corrected chi connectivity index (χ3v) is 4.14. The summed E-state index contributed by atoms with van der Waals surface area (Å²) in [6.07, 6.45) is -0.394. The minimum atomic E-state index is -0.974. The summed E-state index contributed by atoms with van der Waals surface area (Å²) in [6, 6.07) is 7.30. The van der Waals surface area contributed by atoms with Crippen molar-refractivity contribution in [2.45, 2.75) is 24.7 Å². The number of nitrogens with two attached hydrogens (primary N) is 3. The van der Waals surface area contributed by atoms with Crippen LogP contribution < -0.4 is 22.0 Å². The molecule has 8 N–H and O–H groups in total. The number of aliphatic hydroxyl groups excluding tert-OH is 2. The Balaban J connectivity index is 1.89. The SMILES string of the molecule is NCCOCCOc1cccc(/C(N)=C/N(N)CC2OCCC(O)C2O)c1. The van der Waals surface area contributed by atoms with Gasteiger partial charge in [0.1, 0.15) is 24.6 Å². The molecule has 0 bridgehead atoms. The summed E-state index contributed by atoms with van der Waals surface area (Å²) in [5.74, 6) is 6.63. The van der Waals surface area contributed by atoms with Gasteiger partial charge < -0.3 is 40.9 Å². The van der Waals surface area contributed by atoms with Crippen LogP contribution in [0.5, 0.6) is 5.75 Å². The molecule has 3 atom stereocenters. The molecule has 27 heavy (non-hydrogen) atoms. The van der Waals surface area contributed by atoms with Crippen LogP contribution in [-0.2, 0) is 9.47 Å². The van der Waals surface area contributed by atoms with Gasteiger partial charge in [0, 0.05) is 24.9 Å². The Bertz CT molecular complexity index is 601. The predicted octanol–water partition coefficient (Wildman–Crippen LogP) is -1.02. The molecule has 9 heteroatoms. The summed E-state index contributed by atoms with van der Waals surface area (Å²) in [4.78, 5) is 0. The maximum atomic E-state index is 9.97. The lowest BCUT2D eigenvalue weighted by Gasteiger charge is -2.33. The van der Waals surface area contributed by atoms with Gasteiger partial charge in [-0.1, -0.05) is 12.1 Å². The zero-order valence-electron chi connectivity index (χ0n) is 15.4. The van der Waals surface area contributed by atoms with E-state index in [0.717, 1.165) is 5.56 Å². The van der Waals surface area contributed by atoms with Gasteiger partial charge in [0.05, 0.1) is 31.6 Å². The minimum absolute atomic E-state index is 0.202. The Morgan fingerprint density at radius 1 is 1.30 bits per heavy atom. The van der Waals surface area contributed by atoms with Crippen molar-refractivity contribution in [3.05, 3.63) is 36.0 Å². The van der Waals surface area contributed by atoms with Crippen LogP contribution >= 0.6 is 0 Å². The zero-order valence-corrected chi connectivity index (χ0v) is 15.4. The maximum Gasteiger partial charge on any atom is 0.120 e. The van der Waals surface area contributed by atoms with Crippen LogP contribution in [0.3, 0.4) is 0 Å². The topological polar surface area (TPSA) is 149 Å². The predicted molar refractivity (Wildman–Crippen MR) is 101 cm³/mol. The Kier molecular flexibility index (Phi) is 8.79. The lowest BCUT2D eigenvalue weighted by molar-refractivity contribution is -0.139. The first-order valence-corrected chi connectivity index (χ1v) is 8.98. The Morgan fingerprint density at radius 3 is 2.89 bits per heavy atom. The molecule has 1 fully saturated rings. The van der Waals surface area contributed by atoms with Gasteiger partial charge in [-0.3, -0.25) is 0 Å². The Hall–Kier alpha value is -1.88. The van der Waals surface area contributed by atoms with Gasteiger partial charge in [0.2, 0.25) is 0 Å². The Labute approximate surface area is 159 Å². The van der Waals surface area contributed by atoms with Crippen molar-refractivity contribution in [2.75, 3.05) is 39.5 Å². The van der Waals surface area contributed by atoms with Crippen molar-refractivity contribution >= 4 is 5.70 Å². The molecular weight excluding hydrogens is 352 g/mol. The highest BCUT2D eigenvalue weighted by Crippen LogP contribution is 2.19. The number of nitrogens with zero attached hydrogens (tertiary/aromatic N) is 1. The van der Waals surface area contributed by atoms with E-state index in [2.05, 4.69) is 0 Å². The minimum Gasteiger partial charge on any atom is -0.491 e. The molecule has 0 spiro atoms. The molecule has 0 aliphatic carbocycles. The number of aliphatic hydroxyl groups is 2. The Morgan fingerprint density at radius 2 is 2.11 bits per heavy atom. The van der Waals surface area contributed by atoms with Gasteiger partial charge in [-0.05, 0) is 18.6 Å². The largest absolute Gasteiger partial charge is 0.491 e. The molecule has 152 valence electrons. The molecule has 0 aromatic heterocycles. The van der Waals surface area contributed by atoms with Gasteiger partial charge in [0.15, 0.2) is 0 Å². The van der Waals surface area contributed by atoms with Crippen molar-refractivity contribution in [3.63, 3.8) is 0 Å². The number of rotatable bonds is 10. The lowest BCUT2D eigenvalue weighted by atomic mass is 10.0. The smallest absolute Gasteiger partial charge is 0.120 e. The van der Waals surface area contributed by atoms with Crippen LogP contribution in [0.4, 0.5) is 0 Å². The van der Waals surface area contributed by atoms with Gasteiger partial charge in [-0.15, -0.1) is 0 Å². The number of ether oxygens (including phenoxy) is 3. The molecule has 3 unspecified atom stereocenters. The number of hydrazine groups is 1. The molecule has 0 amide bonds. The van der Waals surface area contributed by atoms with E-state index in [1.807, 2.05) is 18.2 Å². The molecule has 1 aromatic carbocycles. The van der Waals surface area contributed by atoms with E-state index in [1.54, 1.807) is 12.3 Å². The average molecular weight is 382 g/mol. The monoisotopic (exact) mass is 382 g/mol. The fraction of sp³-hybridized carbons (Fsp3) is 0.556. The summed E-state index contributed by atoms with van der Waals surface area (Å²) < 4.78 is 16.4. The van der Waals surface area contributed by atoms with Crippen molar-refractivity contribution in [1.29, 1.82) is 0 Å². The van der Waals surface area contributed by atoms with E-state index < -0.39 is 18.3 Å². The van der Waals surface area contributed by atoms with E-state index in [-0.39, 0.29) is 6.54 Å². The molecule has 1 saturated heterocycles. The van der Waals surface area contributed by atoms with Crippen molar-refractivity contribution in [3.8, 4) is 5.75 Å². The summed E-state index contributed by atoms with van der Waals surface area (Å²) in [5, 5.41) is 21.0. The summed E-state index contributed by atoms with van der Waals surface area (Å²) >= 11 is 0. The van der Waals surface area contributed by atoms with Crippen LogP contribution in [0.25, 0.3) is 5.70 Å². The van der Waals surface area contributed by atoms with Gasteiger partial charge in [0.25, 0.3) is 0 Å². The van der Waals surface area contributed by atoms with Crippen LogP contribution in [0.2, 0.25) is 0 Å². The molecule has 1 aliphatic rings. The van der Waals surface area contributed by atoms with Crippen molar-refractivity contribution < 1.29 is 24.4 Å². The first-order valence-electron chi connectivity index (χ1n) is 8.98. The van der Waals surface area contributed by atoms with E-state index in [1.165, 1.54) is 5.01 Å². The van der Waals surface area contributed by atoms with Crippen molar-refractivity contribution in [1.82, 2.24) is 5.01 Å². The number of benzene rings is 1. The number of hydrogen-bond acceptors (Lipinski definition) is 9. The maximum absolute atomic E-state index is 9.97. The summed E-state index contributed by atoms with van der Waals surface area (Å²) in [7, 11) is 0. The quantitative estimate of drug-likeness (QED) is 0.195. The van der Waals surface area contributed by atoms with Gasteiger partial charge in [-0.25, -0.2) is 5.84 Å². The molecule has 2 rings (SSSR count). The molecular formula is C18H30N4O5. The first-order chi connectivity index (χ1) is 13.0. The van der Waals surface area contributed by atoms with E-state index >= 15 is 0 Å². The molecule has 1 aliphatic heterocycles. The fourth-order valence-electron chi connectivity index (χ4n) is 2.70. The third kappa shape index (κ3) is 6.98. The molecule has 1 heterocycles. The van der Waals surface area contributed by atoms with Crippen molar-refractivity contribution in [2.24, 2.45) is 17.3 Å². The highest BCUT2D eigenvalue weighted by molar-refractivity contribution is 5.63. The second-order valence-electron chi connectivity index (χ2n) is 6.31. The van der Waals surface area contributed by atoms with Gasteiger partial charge in [-0.2, -0.15) is 0 Å². The third-order valence-electron chi connectivity index (χ3n) is 4.14. The molecule has 1 aromatic rings. The van der Waals surface area contributed by atoms with Gasteiger partial charge >= 0.3 is 0 Å². The summed E-state index contributed by atoms with van der Waals surface area (Å²) in [5.41, 5.74) is 12.7. The molecule has 0 radical (unpaired) electrons.